The number of thiophene rings is 1. The summed E-state index contributed by atoms with van der Waals surface area (Å²) in [6, 6.07) is 5.14. The Labute approximate surface area is 90.0 Å². The smallest absolute Gasteiger partial charge is 0.345 e. The Morgan fingerprint density at radius 1 is 1.40 bits per heavy atom. The zero-order valence-corrected chi connectivity index (χ0v) is 8.49. The number of nitrogens with two attached hydrogens (primary N) is 1. The van der Waals surface area contributed by atoms with Gasteiger partial charge in [0.1, 0.15) is 10.7 Å². The van der Waals surface area contributed by atoms with E-state index >= 15 is 0 Å². The summed E-state index contributed by atoms with van der Waals surface area (Å²) in [4.78, 5) is 14.9. The van der Waals surface area contributed by atoms with E-state index in [1.54, 1.807) is 29.8 Å². The number of anilines is 1. The zero-order valence-electron chi connectivity index (χ0n) is 7.68. The normalized spacial score (nSPS) is 10.1. The molecule has 0 saturated heterocycles. The van der Waals surface area contributed by atoms with E-state index in [9.17, 15) is 4.79 Å². The molecule has 0 aliphatic rings. The minimum absolute atomic E-state index is 0.320. The van der Waals surface area contributed by atoms with Crippen molar-refractivity contribution in [3.8, 4) is 11.1 Å². The summed E-state index contributed by atoms with van der Waals surface area (Å²) < 4.78 is 0. The van der Waals surface area contributed by atoms with E-state index in [0.717, 1.165) is 11.1 Å². The second kappa shape index (κ2) is 3.70. The highest BCUT2D eigenvalue weighted by Crippen LogP contribution is 2.26. The fraction of sp³-hybridized carbons (Fsp3) is 0. The highest BCUT2D eigenvalue weighted by molar-refractivity contribution is 7.12. The van der Waals surface area contributed by atoms with Crippen molar-refractivity contribution in [2.45, 2.75) is 0 Å². The van der Waals surface area contributed by atoms with E-state index in [0.29, 0.717) is 10.7 Å². The monoisotopic (exact) mass is 220 g/mol. The van der Waals surface area contributed by atoms with E-state index in [-0.39, 0.29) is 0 Å². The number of aromatic nitrogens is 1. The Morgan fingerprint density at radius 3 is 2.80 bits per heavy atom. The summed E-state index contributed by atoms with van der Waals surface area (Å²) in [6.07, 6.45) is 1.60. The van der Waals surface area contributed by atoms with Crippen LogP contribution in [0.5, 0.6) is 0 Å². The first kappa shape index (κ1) is 9.67. The number of hydrogen-bond acceptors (Lipinski definition) is 4. The summed E-state index contributed by atoms with van der Waals surface area (Å²) in [6.45, 7) is 0. The van der Waals surface area contributed by atoms with Crippen molar-refractivity contribution in [1.29, 1.82) is 0 Å². The van der Waals surface area contributed by atoms with Gasteiger partial charge in [0.15, 0.2) is 0 Å². The van der Waals surface area contributed by atoms with E-state index in [1.165, 1.54) is 11.3 Å². The minimum atomic E-state index is -0.909. The lowest BCUT2D eigenvalue weighted by atomic mass is 10.1. The van der Waals surface area contributed by atoms with Crippen LogP contribution in [-0.2, 0) is 0 Å². The summed E-state index contributed by atoms with van der Waals surface area (Å²) in [7, 11) is 0. The number of aromatic carboxylic acids is 1. The molecule has 0 saturated carbocycles. The van der Waals surface area contributed by atoms with Crippen LogP contribution in [0.3, 0.4) is 0 Å². The second-order valence-corrected chi connectivity index (χ2v) is 3.89. The quantitative estimate of drug-likeness (QED) is 0.812. The van der Waals surface area contributed by atoms with E-state index in [4.69, 9.17) is 10.8 Å². The van der Waals surface area contributed by atoms with Crippen molar-refractivity contribution < 1.29 is 9.90 Å². The van der Waals surface area contributed by atoms with Gasteiger partial charge in [0.05, 0.1) is 0 Å². The Balaban J connectivity index is 2.41. The molecule has 0 aliphatic heterocycles. The molecule has 76 valence electrons. The predicted molar refractivity (Wildman–Crippen MR) is 58.9 cm³/mol. The van der Waals surface area contributed by atoms with Gasteiger partial charge in [-0.25, -0.2) is 9.78 Å². The minimum Gasteiger partial charge on any atom is -0.477 e. The van der Waals surface area contributed by atoms with E-state index < -0.39 is 5.97 Å². The van der Waals surface area contributed by atoms with Gasteiger partial charge in [0.2, 0.25) is 0 Å². The molecule has 2 aromatic heterocycles. The van der Waals surface area contributed by atoms with Crippen molar-refractivity contribution in [1.82, 2.24) is 4.98 Å². The van der Waals surface area contributed by atoms with Crippen molar-refractivity contribution in [2.75, 3.05) is 5.73 Å². The third-order valence-electron chi connectivity index (χ3n) is 1.92. The number of hydrogen-bond donors (Lipinski definition) is 2. The van der Waals surface area contributed by atoms with E-state index in [1.807, 2.05) is 0 Å². The van der Waals surface area contributed by atoms with Gasteiger partial charge in [-0.3, -0.25) is 0 Å². The standard InChI is InChI=1S/C10H8N2O2S/c11-9-4-6(1-2-12-9)7-3-8(10(13)14)15-5-7/h1-5H,(H2,11,12)(H,13,14). The molecular weight excluding hydrogens is 212 g/mol. The van der Waals surface area contributed by atoms with Crippen LogP contribution < -0.4 is 5.73 Å². The molecule has 2 rings (SSSR count). The highest BCUT2D eigenvalue weighted by atomic mass is 32.1. The zero-order chi connectivity index (χ0) is 10.8. The maximum atomic E-state index is 10.7. The molecule has 0 atom stereocenters. The van der Waals surface area contributed by atoms with Gasteiger partial charge >= 0.3 is 5.97 Å². The van der Waals surface area contributed by atoms with Gasteiger partial charge in [-0.1, -0.05) is 0 Å². The van der Waals surface area contributed by atoms with Crippen molar-refractivity contribution in [3.05, 3.63) is 34.7 Å². The Bertz CT molecular complexity index is 508. The Morgan fingerprint density at radius 2 is 2.20 bits per heavy atom. The molecule has 0 unspecified atom stereocenters. The lowest BCUT2D eigenvalue weighted by Gasteiger charge is -1.97. The summed E-state index contributed by atoms with van der Waals surface area (Å²) in [5, 5.41) is 10.6. The maximum Gasteiger partial charge on any atom is 0.345 e. The van der Waals surface area contributed by atoms with Crippen LogP contribution in [0.25, 0.3) is 11.1 Å². The van der Waals surface area contributed by atoms with Crippen molar-refractivity contribution in [3.63, 3.8) is 0 Å². The Kier molecular flexibility index (Phi) is 2.39. The molecule has 0 fully saturated rings. The summed E-state index contributed by atoms with van der Waals surface area (Å²) in [5.41, 5.74) is 7.27. The summed E-state index contributed by atoms with van der Waals surface area (Å²) >= 11 is 1.20. The van der Waals surface area contributed by atoms with Crippen LogP contribution in [0.2, 0.25) is 0 Å². The number of carboxylic acids is 1. The molecule has 5 heteroatoms. The van der Waals surface area contributed by atoms with Crippen LogP contribution in [0.4, 0.5) is 5.82 Å². The first-order valence-corrected chi connectivity index (χ1v) is 5.08. The number of rotatable bonds is 2. The number of carboxylic acid groups (broad SMARTS) is 1. The summed E-state index contributed by atoms with van der Waals surface area (Å²) in [5.74, 6) is -0.483. The predicted octanol–water partition coefficient (Wildman–Crippen LogP) is 2.09. The second-order valence-electron chi connectivity index (χ2n) is 2.97. The molecule has 2 aromatic rings. The first-order chi connectivity index (χ1) is 7.16. The molecule has 4 nitrogen and oxygen atoms in total. The molecule has 15 heavy (non-hydrogen) atoms. The van der Waals surface area contributed by atoms with Crippen LogP contribution in [0.1, 0.15) is 9.67 Å². The topological polar surface area (TPSA) is 76.2 Å². The molecule has 0 bridgehead atoms. The number of pyridine rings is 1. The number of carbonyl (C=O) groups is 1. The molecular formula is C10H8N2O2S. The van der Waals surface area contributed by atoms with Crippen molar-refractivity contribution >= 4 is 23.1 Å². The Hall–Kier alpha value is -1.88. The largest absolute Gasteiger partial charge is 0.477 e. The highest BCUT2D eigenvalue weighted by Gasteiger charge is 2.08. The fourth-order valence-corrected chi connectivity index (χ4v) is 1.98. The SMILES string of the molecule is Nc1cc(-c2csc(C(=O)O)c2)ccn1. The fourth-order valence-electron chi connectivity index (χ4n) is 1.23. The lowest BCUT2D eigenvalue weighted by molar-refractivity contribution is 0.0702. The molecule has 0 aliphatic carbocycles. The van der Waals surface area contributed by atoms with Crippen LogP contribution in [-0.4, -0.2) is 16.1 Å². The van der Waals surface area contributed by atoms with Gasteiger partial charge in [-0.05, 0) is 34.7 Å². The third kappa shape index (κ3) is 1.97. The van der Waals surface area contributed by atoms with Gasteiger partial charge in [-0.15, -0.1) is 11.3 Å². The first-order valence-electron chi connectivity index (χ1n) is 4.20. The van der Waals surface area contributed by atoms with Crippen LogP contribution >= 0.6 is 11.3 Å². The van der Waals surface area contributed by atoms with Gasteiger partial charge in [0, 0.05) is 6.20 Å². The average Bonchev–Trinajstić information content (AvgIpc) is 2.66. The van der Waals surface area contributed by atoms with E-state index in [2.05, 4.69) is 4.98 Å². The average molecular weight is 220 g/mol. The van der Waals surface area contributed by atoms with Gasteiger partial charge in [-0.2, -0.15) is 0 Å². The molecule has 0 radical (unpaired) electrons. The molecule has 0 spiro atoms. The van der Waals surface area contributed by atoms with Crippen LogP contribution in [0.15, 0.2) is 29.8 Å². The third-order valence-corrected chi connectivity index (χ3v) is 2.84. The lowest BCUT2D eigenvalue weighted by Crippen LogP contribution is -1.90. The molecule has 0 aromatic carbocycles. The number of nitrogens with zero attached hydrogens (tertiary/aromatic N) is 1. The number of nitrogen functional groups attached to an aromatic ring is 1. The van der Waals surface area contributed by atoms with Gasteiger partial charge < -0.3 is 10.8 Å². The molecule has 3 N–H and O–H groups in total. The van der Waals surface area contributed by atoms with Gasteiger partial charge in [0.25, 0.3) is 0 Å². The van der Waals surface area contributed by atoms with Crippen molar-refractivity contribution in [2.24, 2.45) is 0 Å². The molecule has 0 amide bonds. The molecule has 2 heterocycles. The maximum absolute atomic E-state index is 10.7. The van der Waals surface area contributed by atoms with Crippen LogP contribution in [0, 0.1) is 0 Å².